The van der Waals surface area contributed by atoms with Gasteiger partial charge in [-0.05, 0) is 6.42 Å². The summed E-state index contributed by atoms with van der Waals surface area (Å²) < 4.78 is 5.54. The molecule has 7 nitrogen and oxygen atoms in total. The number of aromatic nitrogens is 2. The van der Waals surface area contributed by atoms with Crippen LogP contribution in [0.5, 0.6) is 5.88 Å². The van der Waals surface area contributed by atoms with E-state index in [2.05, 4.69) is 15.3 Å². The molecule has 1 fully saturated rings. The first-order chi connectivity index (χ1) is 10.1. The quantitative estimate of drug-likeness (QED) is 0.832. The van der Waals surface area contributed by atoms with E-state index in [0.29, 0.717) is 19.0 Å². The van der Waals surface area contributed by atoms with Crippen molar-refractivity contribution in [2.45, 2.75) is 19.4 Å². The minimum Gasteiger partial charge on any atom is -0.478 e. The van der Waals surface area contributed by atoms with Crippen LogP contribution >= 0.6 is 0 Å². The lowest BCUT2D eigenvalue weighted by Crippen LogP contribution is -2.58. The summed E-state index contributed by atoms with van der Waals surface area (Å²) >= 11 is 0. The Hall–Kier alpha value is -1.89. The van der Waals surface area contributed by atoms with E-state index in [9.17, 15) is 4.79 Å². The molecule has 116 valence electrons. The van der Waals surface area contributed by atoms with E-state index in [0.717, 1.165) is 25.3 Å². The highest BCUT2D eigenvalue weighted by molar-refractivity contribution is 5.85. The zero-order valence-electron chi connectivity index (χ0n) is 12.9. The van der Waals surface area contributed by atoms with Gasteiger partial charge in [-0.1, -0.05) is 6.92 Å². The third-order valence-corrected chi connectivity index (χ3v) is 3.35. The van der Waals surface area contributed by atoms with Gasteiger partial charge in [-0.3, -0.25) is 4.79 Å². The lowest BCUT2D eigenvalue weighted by Gasteiger charge is -2.37. The van der Waals surface area contributed by atoms with Crippen LogP contribution < -0.4 is 15.0 Å². The number of carbonyl (C=O) groups excluding carboxylic acids is 1. The minimum absolute atomic E-state index is 0.0665. The monoisotopic (exact) mass is 293 g/mol. The summed E-state index contributed by atoms with van der Waals surface area (Å²) in [6.45, 7) is 4.84. The SMILES string of the molecule is CCCOc1cc(N2CCNCC2C(=O)N(C)C)ncn1. The summed E-state index contributed by atoms with van der Waals surface area (Å²) in [5, 5.41) is 3.26. The molecule has 2 heterocycles. The number of anilines is 1. The van der Waals surface area contributed by atoms with Gasteiger partial charge in [-0.2, -0.15) is 0 Å². The minimum atomic E-state index is -0.248. The second kappa shape index (κ2) is 7.21. The topological polar surface area (TPSA) is 70.6 Å². The lowest BCUT2D eigenvalue weighted by atomic mass is 10.1. The first-order valence-electron chi connectivity index (χ1n) is 7.27. The van der Waals surface area contributed by atoms with Gasteiger partial charge in [0.25, 0.3) is 0 Å². The average Bonchev–Trinajstić information content (AvgIpc) is 2.52. The number of amides is 1. The Labute approximate surface area is 125 Å². The van der Waals surface area contributed by atoms with Gasteiger partial charge in [0.15, 0.2) is 0 Å². The highest BCUT2D eigenvalue weighted by atomic mass is 16.5. The zero-order chi connectivity index (χ0) is 15.2. The predicted octanol–water partition coefficient (Wildman–Crippen LogP) is 0.132. The molecule has 2 rings (SSSR count). The Morgan fingerprint density at radius 3 is 3.05 bits per heavy atom. The highest BCUT2D eigenvalue weighted by Gasteiger charge is 2.30. The molecule has 21 heavy (non-hydrogen) atoms. The molecular formula is C14H23N5O2. The van der Waals surface area contributed by atoms with Gasteiger partial charge in [0, 0.05) is 39.8 Å². The highest BCUT2D eigenvalue weighted by Crippen LogP contribution is 2.20. The molecule has 1 aliphatic rings. The zero-order valence-corrected chi connectivity index (χ0v) is 12.9. The van der Waals surface area contributed by atoms with Gasteiger partial charge < -0.3 is 19.9 Å². The van der Waals surface area contributed by atoms with Crippen molar-refractivity contribution in [1.82, 2.24) is 20.2 Å². The van der Waals surface area contributed by atoms with Crippen LogP contribution in [0.2, 0.25) is 0 Å². The largest absolute Gasteiger partial charge is 0.478 e. The Kier molecular flexibility index (Phi) is 5.32. The molecule has 1 N–H and O–H groups in total. The molecule has 0 aromatic carbocycles. The molecule has 0 radical (unpaired) electrons. The molecule has 7 heteroatoms. The van der Waals surface area contributed by atoms with Crippen molar-refractivity contribution >= 4 is 11.7 Å². The van der Waals surface area contributed by atoms with Crippen molar-refractivity contribution < 1.29 is 9.53 Å². The second-order valence-electron chi connectivity index (χ2n) is 5.21. The molecule has 1 saturated heterocycles. The van der Waals surface area contributed by atoms with Crippen molar-refractivity contribution in [2.24, 2.45) is 0 Å². The summed E-state index contributed by atoms with van der Waals surface area (Å²) in [7, 11) is 3.54. The lowest BCUT2D eigenvalue weighted by molar-refractivity contribution is -0.130. The maximum atomic E-state index is 12.3. The van der Waals surface area contributed by atoms with Crippen molar-refractivity contribution in [3.8, 4) is 5.88 Å². The van der Waals surface area contributed by atoms with Crippen LogP contribution in [0.4, 0.5) is 5.82 Å². The number of hydrogen-bond acceptors (Lipinski definition) is 6. The third kappa shape index (κ3) is 3.81. The number of likely N-dealkylation sites (N-methyl/N-ethyl adjacent to an activating group) is 1. The number of carbonyl (C=O) groups is 1. The van der Waals surface area contributed by atoms with Crippen LogP contribution in [-0.2, 0) is 4.79 Å². The summed E-state index contributed by atoms with van der Waals surface area (Å²) in [5.41, 5.74) is 0. The Bertz CT molecular complexity index is 480. The molecular weight excluding hydrogens is 270 g/mol. The van der Waals surface area contributed by atoms with E-state index >= 15 is 0 Å². The fourth-order valence-corrected chi connectivity index (χ4v) is 2.27. The first-order valence-corrected chi connectivity index (χ1v) is 7.27. The number of piperazine rings is 1. The molecule has 1 amide bonds. The van der Waals surface area contributed by atoms with Crippen LogP contribution in [0.15, 0.2) is 12.4 Å². The number of hydrogen-bond donors (Lipinski definition) is 1. The Balaban J connectivity index is 2.18. The molecule has 1 aromatic rings. The van der Waals surface area contributed by atoms with Crippen molar-refractivity contribution in [1.29, 1.82) is 0 Å². The van der Waals surface area contributed by atoms with Gasteiger partial charge in [-0.15, -0.1) is 0 Å². The summed E-state index contributed by atoms with van der Waals surface area (Å²) in [5.74, 6) is 1.35. The number of ether oxygens (including phenoxy) is 1. The molecule has 1 unspecified atom stereocenters. The van der Waals surface area contributed by atoms with E-state index in [1.807, 2.05) is 11.8 Å². The maximum Gasteiger partial charge on any atom is 0.246 e. The van der Waals surface area contributed by atoms with Crippen molar-refractivity contribution in [3.05, 3.63) is 12.4 Å². The fourth-order valence-electron chi connectivity index (χ4n) is 2.27. The van der Waals surface area contributed by atoms with Gasteiger partial charge in [0.1, 0.15) is 18.2 Å². The van der Waals surface area contributed by atoms with E-state index in [-0.39, 0.29) is 11.9 Å². The number of nitrogens with one attached hydrogen (secondary N) is 1. The summed E-state index contributed by atoms with van der Waals surface area (Å²) in [6.07, 6.45) is 2.41. The van der Waals surface area contributed by atoms with Gasteiger partial charge in [-0.25, -0.2) is 9.97 Å². The molecule has 1 aromatic heterocycles. The van der Waals surface area contributed by atoms with Crippen LogP contribution in [0.3, 0.4) is 0 Å². The summed E-state index contributed by atoms with van der Waals surface area (Å²) in [4.78, 5) is 24.3. The van der Waals surface area contributed by atoms with Crippen LogP contribution in [0, 0.1) is 0 Å². The Morgan fingerprint density at radius 2 is 2.33 bits per heavy atom. The van der Waals surface area contributed by atoms with Crippen LogP contribution in [0.1, 0.15) is 13.3 Å². The first kappa shape index (κ1) is 15.5. The number of nitrogens with zero attached hydrogens (tertiary/aromatic N) is 4. The van der Waals surface area contributed by atoms with Crippen molar-refractivity contribution in [2.75, 3.05) is 45.2 Å². The van der Waals surface area contributed by atoms with Crippen LogP contribution in [0.25, 0.3) is 0 Å². The normalized spacial score (nSPS) is 18.4. The van der Waals surface area contributed by atoms with E-state index in [1.54, 1.807) is 25.1 Å². The smallest absolute Gasteiger partial charge is 0.246 e. The average molecular weight is 293 g/mol. The van der Waals surface area contributed by atoms with E-state index in [4.69, 9.17) is 4.74 Å². The van der Waals surface area contributed by atoms with E-state index in [1.165, 1.54) is 6.33 Å². The summed E-state index contributed by atoms with van der Waals surface area (Å²) in [6, 6.07) is 1.55. The Morgan fingerprint density at radius 1 is 1.52 bits per heavy atom. The molecule has 1 atom stereocenters. The van der Waals surface area contributed by atoms with Gasteiger partial charge in [0.05, 0.1) is 6.61 Å². The van der Waals surface area contributed by atoms with Gasteiger partial charge >= 0.3 is 0 Å². The predicted molar refractivity (Wildman–Crippen MR) is 80.5 cm³/mol. The van der Waals surface area contributed by atoms with Gasteiger partial charge in [0.2, 0.25) is 11.8 Å². The maximum absolute atomic E-state index is 12.3. The van der Waals surface area contributed by atoms with Crippen LogP contribution in [-0.4, -0.2) is 67.2 Å². The van der Waals surface area contributed by atoms with Crippen molar-refractivity contribution in [3.63, 3.8) is 0 Å². The standard InChI is InChI=1S/C14H23N5O2/c1-4-7-21-13-8-12(16-10-17-13)19-6-5-15-9-11(19)14(20)18(2)3/h8,10-11,15H,4-7,9H2,1-3H3. The molecule has 0 saturated carbocycles. The molecule has 0 bridgehead atoms. The fraction of sp³-hybridized carbons (Fsp3) is 0.643. The second-order valence-corrected chi connectivity index (χ2v) is 5.21. The van der Waals surface area contributed by atoms with E-state index < -0.39 is 0 Å². The molecule has 0 aliphatic carbocycles. The molecule has 0 spiro atoms. The number of rotatable bonds is 5. The molecule has 1 aliphatic heterocycles. The third-order valence-electron chi connectivity index (χ3n) is 3.35.